The second-order valence-electron chi connectivity index (χ2n) is 5.56. The lowest BCUT2D eigenvalue weighted by Crippen LogP contribution is -2.46. The molecule has 0 radical (unpaired) electrons. The van der Waals surface area contributed by atoms with Crippen molar-refractivity contribution >= 4 is 27.5 Å². The van der Waals surface area contributed by atoms with Gasteiger partial charge in [0.05, 0.1) is 22.9 Å². The van der Waals surface area contributed by atoms with Gasteiger partial charge in [-0.25, -0.2) is 4.98 Å². The molecule has 0 saturated carbocycles. The normalized spacial score (nSPS) is 13.5. The summed E-state index contributed by atoms with van der Waals surface area (Å²) in [5.74, 6) is -0.227. The predicted molar refractivity (Wildman–Crippen MR) is 77.4 cm³/mol. The Kier molecular flexibility index (Phi) is 3.87. The highest BCUT2D eigenvalue weighted by atomic mass is 32.1. The summed E-state index contributed by atoms with van der Waals surface area (Å²) in [5.41, 5.74) is 0.634. The van der Waals surface area contributed by atoms with Crippen LogP contribution in [-0.4, -0.2) is 28.6 Å². The first-order valence-corrected chi connectivity index (χ1v) is 7.01. The molecule has 1 heterocycles. The van der Waals surface area contributed by atoms with Crippen molar-refractivity contribution < 1.29 is 9.90 Å². The van der Waals surface area contributed by atoms with Crippen molar-refractivity contribution in [3.05, 3.63) is 29.3 Å². The summed E-state index contributed by atoms with van der Waals surface area (Å²) in [4.78, 5) is 16.5. The summed E-state index contributed by atoms with van der Waals surface area (Å²) >= 11 is 1.36. The van der Waals surface area contributed by atoms with E-state index in [2.05, 4.69) is 10.3 Å². The van der Waals surface area contributed by atoms with Crippen LogP contribution in [0.15, 0.2) is 24.3 Å². The molecule has 0 aliphatic carbocycles. The maximum atomic E-state index is 12.2. The molecule has 4 nitrogen and oxygen atoms in total. The summed E-state index contributed by atoms with van der Waals surface area (Å²) in [7, 11) is 0. The number of amides is 1. The molecule has 1 amide bonds. The van der Waals surface area contributed by atoms with Crippen LogP contribution < -0.4 is 5.32 Å². The third-order valence-electron chi connectivity index (χ3n) is 3.02. The van der Waals surface area contributed by atoms with Gasteiger partial charge in [0.25, 0.3) is 5.91 Å². The minimum absolute atomic E-state index is 0.0832. The number of carbonyl (C=O) groups is 1. The lowest BCUT2D eigenvalue weighted by atomic mass is 9.87. The zero-order valence-electron chi connectivity index (χ0n) is 11.3. The van der Waals surface area contributed by atoms with Crippen LogP contribution >= 0.6 is 11.3 Å². The van der Waals surface area contributed by atoms with Crippen LogP contribution in [0.2, 0.25) is 0 Å². The molecule has 0 aliphatic heterocycles. The van der Waals surface area contributed by atoms with E-state index < -0.39 is 0 Å². The Labute approximate surface area is 116 Å². The van der Waals surface area contributed by atoms with Gasteiger partial charge in [-0.05, 0) is 17.5 Å². The molecule has 0 bridgehead atoms. The van der Waals surface area contributed by atoms with E-state index >= 15 is 0 Å². The van der Waals surface area contributed by atoms with Crippen molar-refractivity contribution in [2.24, 2.45) is 5.41 Å². The van der Waals surface area contributed by atoms with Crippen LogP contribution in [0, 0.1) is 5.41 Å². The minimum atomic E-state index is -0.285. The summed E-state index contributed by atoms with van der Waals surface area (Å²) < 4.78 is 0.990. The smallest absolute Gasteiger partial charge is 0.280 e. The molecule has 0 spiro atoms. The molecule has 1 aromatic heterocycles. The Balaban J connectivity index is 2.19. The fourth-order valence-electron chi connectivity index (χ4n) is 1.73. The number of rotatable bonds is 3. The van der Waals surface area contributed by atoms with Crippen LogP contribution in [0.25, 0.3) is 10.2 Å². The molecule has 1 atom stereocenters. The monoisotopic (exact) mass is 278 g/mol. The highest BCUT2D eigenvalue weighted by Gasteiger charge is 2.26. The van der Waals surface area contributed by atoms with Crippen molar-refractivity contribution in [3.63, 3.8) is 0 Å². The number of hydrogen-bond donors (Lipinski definition) is 2. The Morgan fingerprint density at radius 2 is 2.11 bits per heavy atom. The predicted octanol–water partition coefficient (Wildman–Crippen LogP) is 2.43. The maximum Gasteiger partial charge on any atom is 0.280 e. The summed E-state index contributed by atoms with van der Waals surface area (Å²) in [6.07, 6.45) is 0. The molecule has 2 aromatic rings. The number of aromatic nitrogens is 1. The van der Waals surface area contributed by atoms with Crippen molar-refractivity contribution in [2.75, 3.05) is 6.61 Å². The molecule has 2 rings (SSSR count). The van der Waals surface area contributed by atoms with E-state index in [0.29, 0.717) is 5.01 Å². The zero-order valence-corrected chi connectivity index (χ0v) is 12.1. The average Bonchev–Trinajstić information content (AvgIpc) is 2.77. The molecule has 0 aliphatic rings. The van der Waals surface area contributed by atoms with E-state index in [-0.39, 0.29) is 24.0 Å². The summed E-state index contributed by atoms with van der Waals surface area (Å²) in [5, 5.41) is 12.6. The van der Waals surface area contributed by atoms with Gasteiger partial charge in [-0.15, -0.1) is 11.3 Å². The lowest BCUT2D eigenvalue weighted by Gasteiger charge is -2.29. The fraction of sp³-hybridized carbons (Fsp3) is 0.429. The number of aliphatic hydroxyl groups is 1. The van der Waals surface area contributed by atoms with E-state index in [1.54, 1.807) is 0 Å². The van der Waals surface area contributed by atoms with Crippen LogP contribution in [-0.2, 0) is 0 Å². The first kappa shape index (κ1) is 14.0. The molecule has 5 heteroatoms. The fourth-order valence-corrected chi connectivity index (χ4v) is 2.59. The molecule has 0 fully saturated rings. The number of aliphatic hydroxyl groups excluding tert-OH is 1. The first-order chi connectivity index (χ1) is 8.91. The zero-order chi connectivity index (χ0) is 14.0. The average molecular weight is 278 g/mol. The second-order valence-corrected chi connectivity index (χ2v) is 6.59. The number of para-hydroxylation sites is 1. The SMILES string of the molecule is CC(C)(C)[C@@H](CO)NC(=O)c1nc2ccccc2s1. The van der Waals surface area contributed by atoms with E-state index in [0.717, 1.165) is 10.2 Å². The van der Waals surface area contributed by atoms with E-state index in [1.807, 2.05) is 45.0 Å². The van der Waals surface area contributed by atoms with Crippen LogP contribution in [0.4, 0.5) is 0 Å². The Hall–Kier alpha value is -1.46. The number of carbonyl (C=O) groups excluding carboxylic acids is 1. The van der Waals surface area contributed by atoms with Gasteiger partial charge in [0.15, 0.2) is 5.01 Å². The number of benzene rings is 1. The van der Waals surface area contributed by atoms with Crippen molar-refractivity contribution in [3.8, 4) is 0 Å². The number of nitrogens with one attached hydrogen (secondary N) is 1. The summed E-state index contributed by atoms with van der Waals surface area (Å²) in [6, 6.07) is 7.36. The lowest BCUT2D eigenvalue weighted by molar-refractivity contribution is 0.0848. The van der Waals surface area contributed by atoms with Gasteiger partial charge < -0.3 is 10.4 Å². The van der Waals surface area contributed by atoms with Gasteiger partial charge >= 0.3 is 0 Å². The molecule has 19 heavy (non-hydrogen) atoms. The number of hydrogen-bond acceptors (Lipinski definition) is 4. The number of thiazole rings is 1. The third-order valence-corrected chi connectivity index (χ3v) is 4.06. The van der Waals surface area contributed by atoms with Crippen LogP contribution in [0.5, 0.6) is 0 Å². The topological polar surface area (TPSA) is 62.2 Å². The van der Waals surface area contributed by atoms with Crippen molar-refractivity contribution in [2.45, 2.75) is 26.8 Å². The van der Waals surface area contributed by atoms with Crippen LogP contribution in [0.1, 0.15) is 30.6 Å². The van der Waals surface area contributed by atoms with Gasteiger partial charge in [-0.2, -0.15) is 0 Å². The van der Waals surface area contributed by atoms with Gasteiger partial charge in [0, 0.05) is 0 Å². The molecular weight excluding hydrogens is 260 g/mol. The van der Waals surface area contributed by atoms with Gasteiger partial charge in [-0.1, -0.05) is 32.9 Å². The maximum absolute atomic E-state index is 12.2. The Morgan fingerprint density at radius 1 is 1.42 bits per heavy atom. The van der Waals surface area contributed by atoms with Crippen molar-refractivity contribution in [1.29, 1.82) is 0 Å². The molecule has 2 N–H and O–H groups in total. The standard InChI is InChI=1S/C14H18N2O2S/c1-14(2,3)11(8-17)16-12(18)13-15-9-6-4-5-7-10(9)19-13/h4-7,11,17H,8H2,1-3H3,(H,16,18)/t11-/m1/s1. The molecular formula is C14H18N2O2S. The second kappa shape index (κ2) is 5.27. The third kappa shape index (κ3) is 3.11. The number of fused-ring (bicyclic) bond motifs is 1. The largest absolute Gasteiger partial charge is 0.394 e. The molecule has 1 aromatic carbocycles. The Morgan fingerprint density at radius 3 is 2.68 bits per heavy atom. The Bertz CT molecular complexity index is 553. The minimum Gasteiger partial charge on any atom is -0.394 e. The quantitative estimate of drug-likeness (QED) is 0.906. The van der Waals surface area contributed by atoms with E-state index in [4.69, 9.17) is 0 Å². The van der Waals surface area contributed by atoms with Gasteiger partial charge in [-0.3, -0.25) is 4.79 Å². The first-order valence-electron chi connectivity index (χ1n) is 6.19. The van der Waals surface area contributed by atoms with Gasteiger partial charge in [0.1, 0.15) is 0 Å². The summed E-state index contributed by atoms with van der Waals surface area (Å²) in [6.45, 7) is 5.85. The van der Waals surface area contributed by atoms with E-state index in [9.17, 15) is 9.90 Å². The number of nitrogens with zero attached hydrogens (tertiary/aromatic N) is 1. The van der Waals surface area contributed by atoms with E-state index in [1.165, 1.54) is 11.3 Å². The van der Waals surface area contributed by atoms with Gasteiger partial charge in [0.2, 0.25) is 0 Å². The van der Waals surface area contributed by atoms with Crippen molar-refractivity contribution in [1.82, 2.24) is 10.3 Å². The molecule has 0 unspecified atom stereocenters. The molecule has 0 saturated heterocycles. The highest BCUT2D eigenvalue weighted by molar-refractivity contribution is 7.20. The van der Waals surface area contributed by atoms with Crippen LogP contribution in [0.3, 0.4) is 0 Å². The highest BCUT2D eigenvalue weighted by Crippen LogP contribution is 2.23. The molecule has 102 valence electrons.